The second-order valence-corrected chi connectivity index (χ2v) is 6.39. The fourth-order valence-corrected chi connectivity index (χ4v) is 3.16. The normalized spacial score (nSPS) is 17.1. The maximum absolute atomic E-state index is 9.08. The Balaban J connectivity index is 2.46. The summed E-state index contributed by atoms with van der Waals surface area (Å²) in [5.74, 6) is 0. The maximum Gasteiger partial charge on any atom is 0.0447 e. The molecule has 20 heavy (non-hydrogen) atoms. The van der Waals surface area contributed by atoms with Gasteiger partial charge < -0.3 is 15.7 Å². The molecule has 0 spiro atoms. The van der Waals surface area contributed by atoms with Gasteiger partial charge in [-0.3, -0.25) is 0 Å². The number of aryl methyl sites for hydroxylation is 1. The molecule has 1 aromatic carbocycles. The average molecular weight is 276 g/mol. The first-order valence-corrected chi connectivity index (χ1v) is 7.75. The van der Waals surface area contributed by atoms with E-state index in [1.54, 1.807) is 0 Å². The molecule has 0 saturated heterocycles. The van der Waals surface area contributed by atoms with Crippen molar-refractivity contribution in [2.75, 3.05) is 24.6 Å². The zero-order valence-electron chi connectivity index (χ0n) is 13.1. The van der Waals surface area contributed by atoms with Crippen molar-refractivity contribution in [3.63, 3.8) is 0 Å². The van der Waals surface area contributed by atoms with Gasteiger partial charge >= 0.3 is 0 Å². The van der Waals surface area contributed by atoms with Gasteiger partial charge in [0.2, 0.25) is 0 Å². The lowest BCUT2D eigenvalue weighted by atomic mass is 9.76. The van der Waals surface area contributed by atoms with Crippen molar-refractivity contribution in [2.24, 2.45) is 5.73 Å². The standard InChI is InChI=1S/C17H28N2O/c1-4-13-10-15-16(11-14(13)12-18)19(7-5-9-20)8-6-17(15,2)3/h10-11,20H,4-9,12,18H2,1-3H3. The van der Waals surface area contributed by atoms with Gasteiger partial charge in [-0.2, -0.15) is 0 Å². The minimum atomic E-state index is 0.224. The van der Waals surface area contributed by atoms with Gasteiger partial charge in [0, 0.05) is 31.9 Å². The molecule has 3 nitrogen and oxygen atoms in total. The Morgan fingerprint density at radius 1 is 1.30 bits per heavy atom. The molecule has 1 aromatic rings. The summed E-state index contributed by atoms with van der Waals surface area (Å²) in [6.45, 7) is 9.70. The molecule has 0 radical (unpaired) electrons. The Hall–Kier alpha value is -1.06. The highest BCUT2D eigenvalue weighted by Crippen LogP contribution is 2.41. The Morgan fingerprint density at radius 2 is 2.05 bits per heavy atom. The first-order valence-electron chi connectivity index (χ1n) is 7.75. The molecule has 1 heterocycles. The van der Waals surface area contributed by atoms with Gasteiger partial charge in [0.25, 0.3) is 0 Å². The van der Waals surface area contributed by atoms with Crippen molar-refractivity contribution in [3.05, 3.63) is 28.8 Å². The summed E-state index contributed by atoms with van der Waals surface area (Å²) in [6, 6.07) is 4.65. The molecule has 3 N–H and O–H groups in total. The molecule has 0 bridgehead atoms. The number of fused-ring (bicyclic) bond motifs is 1. The molecule has 112 valence electrons. The van der Waals surface area contributed by atoms with E-state index in [2.05, 4.69) is 37.8 Å². The molecule has 2 rings (SSSR count). The van der Waals surface area contributed by atoms with Gasteiger partial charge in [-0.05, 0) is 47.4 Å². The maximum atomic E-state index is 9.08. The number of hydrogen-bond donors (Lipinski definition) is 2. The number of aliphatic hydroxyl groups excluding tert-OH is 1. The van der Waals surface area contributed by atoms with E-state index in [-0.39, 0.29) is 12.0 Å². The Bertz CT molecular complexity index is 468. The number of rotatable bonds is 5. The number of hydrogen-bond acceptors (Lipinski definition) is 3. The van der Waals surface area contributed by atoms with Crippen molar-refractivity contribution < 1.29 is 5.11 Å². The monoisotopic (exact) mass is 276 g/mol. The van der Waals surface area contributed by atoms with Crippen LogP contribution in [0.25, 0.3) is 0 Å². The summed E-state index contributed by atoms with van der Waals surface area (Å²) in [7, 11) is 0. The number of anilines is 1. The fourth-order valence-electron chi connectivity index (χ4n) is 3.16. The summed E-state index contributed by atoms with van der Waals surface area (Å²) in [5.41, 5.74) is 11.5. The second-order valence-electron chi connectivity index (χ2n) is 6.39. The SMILES string of the molecule is CCc1cc2c(cc1CN)N(CCCO)CCC2(C)C. The topological polar surface area (TPSA) is 49.5 Å². The van der Waals surface area contributed by atoms with Crippen LogP contribution in [0.15, 0.2) is 12.1 Å². The van der Waals surface area contributed by atoms with Gasteiger partial charge in [0.1, 0.15) is 0 Å². The number of benzene rings is 1. The zero-order valence-corrected chi connectivity index (χ0v) is 13.1. The molecule has 3 heteroatoms. The molecule has 0 fully saturated rings. The smallest absolute Gasteiger partial charge is 0.0447 e. The minimum Gasteiger partial charge on any atom is -0.396 e. The first-order chi connectivity index (χ1) is 9.53. The van der Waals surface area contributed by atoms with Crippen molar-refractivity contribution >= 4 is 5.69 Å². The molecule has 0 amide bonds. The highest BCUT2D eigenvalue weighted by Gasteiger charge is 2.31. The molecular weight excluding hydrogens is 248 g/mol. The highest BCUT2D eigenvalue weighted by atomic mass is 16.3. The lowest BCUT2D eigenvalue weighted by molar-refractivity contribution is 0.288. The van der Waals surface area contributed by atoms with E-state index in [4.69, 9.17) is 10.8 Å². The Morgan fingerprint density at radius 3 is 2.65 bits per heavy atom. The Labute approximate surface area is 122 Å². The molecule has 0 saturated carbocycles. The van der Waals surface area contributed by atoms with Crippen LogP contribution in [-0.2, 0) is 18.4 Å². The highest BCUT2D eigenvalue weighted by molar-refractivity contribution is 5.62. The first kappa shape index (κ1) is 15.3. The third-order valence-electron chi connectivity index (χ3n) is 4.58. The van der Waals surface area contributed by atoms with E-state index < -0.39 is 0 Å². The van der Waals surface area contributed by atoms with Gasteiger partial charge in [-0.1, -0.05) is 26.8 Å². The molecule has 0 unspecified atom stereocenters. The number of aliphatic hydroxyl groups is 1. The Kier molecular flexibility index (Phi) is 4.71. The van der Waals surface area contributed by atoms with E-state index in [9.17, 15) is 0 Å². The summed E-state index contributed by atoms with van der Waals surface area (Å²) < 4.78 is 0. The molecule has 1 aliphatic rings. The van der Waals surface area contributed by atoms with Gasteiger partial charge in [0.05, 0.1) is 0 Å². The summed E-state index contributed by atoms with van der Waals surface area (Å²) >= 11 is 0. The third-order valence-corrected chi connectivity index (χ3v) is 4.58. The summed E-state index contributed by atoms with van der Waals surface area (Å²) in [6.07, 6.45) is 3.02. The van der Waals surface area contributed by atoms with Crippen LogP contribution in [0.2, 0.25) is 0 Å². The van der Waals surface area contributed by atoms with Crippen LogP contribution in [0.1, 0.15) is 50.3 Å². The average Bonchev–Trinajstić information content (AvgIpc) is 2.45. The number of nitrogens with zero attached hydrogens (tertiary/aromatic N) is 1. The van der Waals surface area contributed by atoms with Crippen LogP contribution in [0.5, 0.6) is 0 Å². The van der Waals surface area contributed by atoms with E-state index in [1.807, 2.05) is 0 Å². The van der Waals surface area contributed by atoms with Crippen molar-refractivity contribution in [3.8, 4) is 0 Å². The van der Waals surface area contributed by atoms with E-state index in [0.717, 1.165) is 32.4 Å². The minimum absolute atomic E-state index is 0.224. The third kappa shape index (κ3) is 2.84. The fraction of sp³-hybridized carbons (Fsp3) is 0.647. The molecule has 1 aliphatic heterocycles. The van der Waals surface area contributed by atoms with Crippen molar-refractivity contribution in [1.82, 2.24) is 0 Å². The predicted molar refractivity (Wildman–Crippen MR) is 85.3 cm³/mol. The zero-order chi connectivity index (χ0) is 14.8. The summed E-state index contributed by atoms with van der Waals surface area (Å²) in [4.78, 5) is 2.41. The molecular formula is C17H28N2O. The van der Waals surface area contributed by atoms with Crippen molar-refractivity contribution in [2.45, 2.75) is 52.0 Å². The van der Waals surface area contributed by atoms with Crippen LogP contribution in [-0.4, -0.2) is 24.8 Å². The van der Waals surface area contributed by atoms with Crippen LogP contribution in [0.4, 0.5) is 5.69 Å². The summed E-state index contributed by atoms with van der Waals surface area (Å²) in [5, 5.41) is 9.08. The predicted octanol–water partition coefficient (Wildman–Crippen LogP) is 2.58. The lowest BCUT2D eigenvalue weighted by Gasteiger charge is -2.41. The molecule has 0 aromatic heterocycles. The lowest BCUT2D eigenvalue weighted by Crippen LogP contribution is -2.38. The quantitative estimate of drug-likeness (QED) is 0.869. The van der Waals surface area contributed by atoms with Gasteiger partial charge in [-0.25, -0.2) is 0 Å². The van der Waals surface area contributed by atoms with Gasteiger partial charge in [-0.15, -0.1) is 0 Å². The largest absolute Gasteiger partial charge is 0.396 e. The molecule has 0 aliphatic carbocycles. The van der Waals surface area contributed by atoms with E-state index in [0.29, 0.717) is 6.54 Å². The van der Waals surface area contributed by atoms with E-state index >= 15 is 0 Å². The van der Waals surface area contributed by atoms with Crippen LogP contribution in [0, 0.1) is 0 Å². The molecule has 0 atom stereocenters. The van der Waals surface area contributed by atoms with E-state index in [1.165, 1.54) is 22.4 Å². The van der Waals surface area contributed by atoms with Crippen molar-refractivity contribution in [1.29, 1.82) is 0 Å². The van der Waals surface area contributed by atoms with Crippen LogP contribution >= 0.6 is 0 Å². The van der Waals surface area contributed by atoms with Gasteiger partial charge in [0.15, 0.2) is 0 Å². The second kappa shape index (κ2) is 6.15. The van der Waals surface area contributed by atoms with Crippen LogP contribution < -0.4 is 10.6 Å². The van der Waals surface area contributed by atoms with Crippen LogP contribution in [0.3, 0.4) is 0 Å². The number of nitrogens with two attached hydrogens (primary N) is 1.